The van der Waals surface area contributed by atoms with Crippen molar-refractivity contribution in [3.8, 4) is 34.6 Å². The van der Waals surface area contributed by atoms with E-state index in [0.29, 0.717) is 18.8 Å². The largest absolute Gasteiger partial charge is 0.493 e. The standard InChI is InChI=1S/C27H32N4O9S/c1-36-20-8-4-5-9-22(20)40-25-26(28-18-29-27(25)38-15-14-32)30-41(34,35)19-10-11-21(37-2)23(16-19)39-17-24(33)31-12-6-3-7-13-31/h4-5,8-11,16,18,32H,3,6-7,12-15,17H2,1-2H3,(H,28,29,30). The number of amides is 1. The van der Waals surface area contributed by atoms with Crippen LogP contribution in [0.5, 0.6) is 34.6 Å². The molecular weight excluding hydrogens is 556 g/mol. The van der Waals surface area contributed by atoms with Gasteiger partial charge in [-0.1, -0.05) is 12.1 Å². The van der Waals surface area contributed by atoms with Crippen LogP contribution in [-0.4, -0.2) is 81.4 Å². The first-order chi connectivity index (χ1) is 19.9. The lowest BCUT2D eigenvalue weighted by Crippen LogP contribution is -2.38. The molecule has 1 amide bonds. The van der Waals surface area contributed by atoms with E-state index >= 15 is 0 Å². The molecule has 220 valence electrons. The van der Waals surface area contributed by atoms with E-state index in [4.69, 9.17) is 23.7 Å². The van der Waals surface area contributed by atoms with Crippen LogP contribution >= 0.6 is 0 Å². The summed E-state index contributed by atoms with van der Waals surface area (Å²) in [5.41, 5.74) is 0. The summed E-state index contributed by atoms with van der Waals surface area (Å²) < 4.78 is 57.1. The molecule has 2 heterocycles. The zero-order valence-electron chi connectivity index (χ0n) is 22.7. The summed E-state index contributed by atoms with van der Waals surface area (Å²) in [4.78, 5) is 22.2. The first kappa shape index (κ1) is 29.7. The van der Waals surface area contributed by atoms with Crippen LogP contribution in [0.4, 0.5) is 5.82 Å². The molecular formula is C27H32N4O9S. The van der Waals surface area contributed by atoms with Crippen LogP contribution in [0, 0.1) is 0 Å². The Bertz CT molecular complexity index is 1450. The summed E-state index contributed by atoms with van der Waals surface area (Å²) in [6, 6.07) is 10.7. The number of aliphatic hydroxyl groups is 1. The Morgan fingerprint density at radius 3 is 2.37 bits per heavy atom. The first-order valence-corrected chi connectivity index (χ1v) is 14.4. The van der Waals surface area contributed by atoms with Crippen molar-refractivity contribution in [1.29, 1.82) is 0 Å². The average Bonchev–Trinajstić information content (AvgIpc) is 3.00. The Hall–Kier alpha value is -4.30. The minimum Gasteiger partial charge on any atom is -0.493 e. The molecule has 2 aromatic carbocycles. The van der Waals surface area contributed by atoms with Gasteiger partial charge in [0.25, 0.3) is 21.8 Å². The number of aliphatic hydroxyl groups excluding tert-OH is 1. The van der Waals surface area contributed by atoms with Gasteiger partial charge >= 0.3 is 0 Å². The normalized spacial score (nSPS) is 13.3. The van der Waals surface area contributed by atoms with Crippen LogP contribution in [0.3, 0.4) is 0 Å². The molecule has 0 radical (unpaired) electrons. The van der Waals surface area contributed by atoms with Crippen LogP contribution in [0.2, 0.25) is 0 Å². The number of hydrogen-bond donors (Lipinski definition) is 2. The number of aromatic nitrogens is 2. The molecule has 1 aliphatic heterocycles. The number of likely N-dealkylation sites (tertiary alicyclic amines) is 1. The van der Waals surface area contributed by atoms with Crippen LogP contribution < -0.4 is 28.4 Å². The second-order valence-electron chi connectivity index (χ2n) is 8.83. The lowest BCUT2D eigenvalue weighted by molar-refractivity contribution is -0.134. The summed E-state index contributed by atoms with van der Waals surface area (Å²) in [6.07, 6.45) is 4.05. The van der Waals surface area contributed by atoms with Crippen LogP contribution in [0.1, 0.15) is 19.3 Å². The first-order valence-electron chi connectivity index (χ1n) is 12.9. The molecule has 13 nitrogen and oxygen atoms in total. The maximum Gasteiger partial charge on any atom is 0.263 e. The number of nitrogens with zero attached hydrogens (tertiary/aromatic N) is 3. The molecule has 0 aliphatic carbocycles. The van der Waals surface area contributed by atoms with Gasteiger partial charge in [0.1, 0.15) is 12.9 Å². The highest BCUT2D eigenvalue weighted by Crippen LogP contribution is 2.40. The lowest BCUT2D eigenvalue weighted by Gasteiger charge is -2.26. The molecule has 41 heavy (non-hydrogen) atoms. The van der Waals surface area contributed by atoms with Crippen LogP contribution in [0.15, 0.2) is 53.7 Å². The highest BCUT2D eigenvalue weighted by molar-refractivity contribution is 7.92. The van der Waals surface area contributed by atoms with Crippen molar-refractivity contribution < 1.29 is 42.0 Å². The van der Waals surface area contributed by atoms with Crippen molar-refractivity contribution in [2.45, 2.75) is 24.2 Å². The Morgan fingerprint density at radius 2 is 1.66 bits per heavy atom. The monoisotopic (exact) mass is 588 g/mol. The van der Waals surface area contributed by atoms with Crippen LogP contribution in [0.25, 0.3) is 0 Å². The third kappa shape index (κ3) is 7.46. The van der Waals surface area contributed by atoms with Gasteiger partial charge in [0.2, 0.25) is 5.75 Å². The summed E-state index contributed by atoms with van der Waals surface area (Å²) in [5, 5.41) is 9.23. The van der Waals surface area contributed by atoms with Crippen molar-refractivity contribution in [3.05, 3.63) is 48.8 Å². The number of hydrogen-bond acceptors (Lipinski definition) is 11. The number of piperidine rings is 1. The molecule has 4 rings (SSSR count). The average molecular weight is 589 g/mol. The number of para-hydroxylation sites is 2. The predicted molar refractivity (Wildman–Crippen MR) is 147 cm³/mol. The zero-order chi connectivity index (χ0) is 29.2. The smallest absolute Gasteiger partial charge is 0.263 e. The fourth-order valence-electron chi connectivity index (χ4n) is 4.08. The number of anilines is 1. The number of rotatable bonds is 13. The number of carbonyl (C=O) groups is 1. The fraction of sp³-hybridized carbons (Fsp3) is 0.370. The maximum absolute atomic E-state index is 13.5. The van der Waals surface area contributed by atoms with E-state index in [1.165, 1.54) is 32.4 Å². The molecule has 0 unspecified atom stereocenters. The topological polar surface area (TPSA) is 159 Å². The third-order valence-electron chi connectivity index (χ3n) is 6.12. The second kappa shape index (κ2) is 13.9. The van der Waals surface area contributed by atoms with Crippen molar-refractivity contribution in [2.24, 2.45) is 0 Å². The lowest BCUT2D eigenvalue weighted by atomic mass is 10.1. The van der Waals surface area contributed by atoms with Gasteiger partial charge in [-0.05, 0) is 43.5 Å². The number of methoxy groups -OCH3 is 2. The second-order valence-corrected chi connectivity index (χ2v) is 10.5. The number of sulfonamides is 1. The molecule has 0 spiro atoms. The van der Waals surface area contributed by atoms with E-state index in [2.05, 4.69) is 14.7 Å². The number of nitrogens with one attached hydrogen (secondary N) is 1. The predicted octanol–water partition coefficient (Wildman–Crippen LogP) is 2.85. The number of carbonyl (C=O) groups excluding carboxylic acids is 1. The van der Waals surface area contributed by atoms with E-state index in [-0.39, 0.29) is 65.3 Å². The Kier molecular flexibility index (Phi) is 10.0. The molecule has 1 saturated heterocycles. The van der Waals surface area contributed by atoms with Crippen molar-refractivity contribution in [2.75, 3.05) is 51.9 Å². The number of ether oxygens (including phenoxy) is 5. The zero-order valence-corrected chi connectivity index (χ0v) is 23.6. The Morgan fingerprint density at radius 1 is 0.951 bits per heavy atom. The van der Waals surface area contributed by atoms with E-state index in [1.807, 2.05) is 0 Å². The summed E-state index contributed by atoms with van der Waals surface area (Å²) in [5.74, 6) is 0.300. The van der Waals surface area contributed by atoms with Crippen molar-refractivity contribution >= 4 is 21.7 Å². The minimum atomic E-state index is -4.27. The van der Waals surface area contributed by atoms with Gasteiger partial charge in [-0.15, -0.1) is 0 Å². The summed E-state index contributed by atoms with van der Waals surface area (Å²) >= 11 is 0. The van der Waals surface area contributed by atoms with Gasteiger partial charge in [-0.2, -0.15) is 4.98 Å². The molecule has 3 aromatic rings. The molecule has 14 heteroatoms. The van der Waals surface area contributed by atoms with E-state index < -0.39 is 10.0 Å². The van der Waals surface area contributed by atoms with Gasteiger partial charge in [0.15, 0.2) is 35.4 Å². The van der Waals surface area contributed by atoms with Gasteiger partial charge in [-0.3, -0.25) is 9.52 Å². The minimum absolute atomic E-state index is 0.0842. The van der Waals surface area contributed by atoms with Crippen LogP contribution in [-0.2, 0) is 14.8 Å². The highest BCUT2D eigenvalue weighted by Gasteiger charge is 2.25. The number of benzene rings is 2. The van der Waals surface area contributed by atoms with Crippen molar-refractivity contribution in [3.63, 3.8) is 0 Å². The quantitative estimate of drug-likeness (QED) is 0.302. The molecule has 1 aliphatic rings. The molecule has 1 fully saturated rings. The van der Waals surface area contributed by atoms with Gasteiger partial charge < -0.3 is 33.7 Å². The molecule has 0 bridgehead atoms. The van der Waals surface area contributed by atoms with Crippen molar-refractivity contribution in [1.82, 2.24) is 14.9 Å². The SMILES string of the molecule is COc1ccc(S(=O)(=O)Nc2ncnc(OCCO)c2Oc2ccccc2OC)cc1OCC(=O)N1CCCCC1. The van der Waals surface area contributed by atoms with Gasteiger partial charge in [-0.25, -0.2) is 13.4 Å². The van der Waals surface area contributed by atoms with Gasteiger partial charge in [0, 0.05) is 19.2 Å². The molecule has 0 saturated carbocycles. The Balaban J connectivity index is 1.61. The molecule has 0 atom stereocenters. The van der Waals surface area contributed by atoms with E-state index in [0.717, 1.165) is 25.6 Å². The fourth-order valence-corrected chi connectivity index (χ4v) is 5.10. The summed E-state index contributed by atoms with van der Waals surface area (Å²) in [6.45, 7) is 0.635. The molecule has 2 N–H and O–H groups in total. The highest BCUT2D eigenvalue weighted by atomic mass is 32.2. The van der Waals surface area contributed by atoms with Gasteiger partial charge in [0.05, 0.1) is 25.7 Å². The van der Waals surface area contributed by atoms with E-state index in [9.17, 15) is 18.3 Å². The Labute approximate surface area is 238 Å². The summed E-state index contributed by atoms with van der Waals surface area (Å²) in [7, 11) is -1.40. The van der Waals surface area contributed by atoms with E-state index in [1.54, 1.807) is 29.2 Å². The maximum atomic E-state index is 13.5. The molecule has 1 aromatic heterocycles. The third-order valence-corrected chi connectivity index (χ3v) is 7.46.